The Hall–Kier alpha value is -4.34. The van der Waals surface area contributed by atoms with E-state index in [2.05, 4.69) is 9.83 Å². The highest BCUT2D eigenvalue weighted by Crippen LogP contribution is 2.64. The molecule has 0 radical (unpaired) electrons. The van der Waals surface area contributed by atoms with Crippen LogP contribution in [-0.4, -0.2) is 72.3 Å². The second-order valence-corrected chi connectivity index (χ2v) is 11.3. The van der Waals surface area contributed by atoms with E-state index in [0.29, 0.717) is 24.3 Å². The molecule has 1 saturated carbocycles. The average molecular weight is 572 g/mol. The summed E-state index contributed by atoms with van der Waals surface area (Å²) in [5.41, 5.74) is 0.0259. The van der Waals surface area contributed by atoms with E-state index in [-0.39, 0.29) is 36.2 Å². The lowest BCUT2D eigenvalue weighted by Crippen LogP contribution is -2.38. The van der Waals surface area contributed by atoms with Crippen LogP contribution in [0.2, 0.25) is 0 Å². The third-order valence-corrected chi connectivity index (χ3v) is 7.50. The van der Waals surface area contributed by atoms with E-state index in [1.165, 1.54) is 18.3 Å². The molecule has 1 aromatic heterocycles. The number of amides is 3. The Morgan fingerprint density at radius 3 is 2.49 bits per heavy atom. The number of carbonyl (C=O) groups is 3. The number of piperidine rings is 1. The van der Waals surface area contributed by atoms with Gasteiger partial charge in [0.1, 0.15) is 23.2 Å². The zero-order valence-electron chi connectivity index (χ0n) is 22.6. The Morgan fingerprint density at radius 1 is 1.22 bits per heavy atom. The van der Waals surface area contributed by atoms with E-state index in [0.717, 1.165) is 11.0 Å². The van der Waals surface area contributed by atoms with Gasteiger partial charge >= 0.3 is 18.6 Å². The number of alkyl halides is 2. The normalized spacial score (nSPS) is 25.0. The van der Waals surface area contributed by atoms with Crippen LogP contribution in [-0.2, 0) is 19.8 Å². The fraction of sp³-hybridized carbons (Fsp3) is 0.464. The Morgan fingerprint density at radius 2 is 1.93 bits per heavy atom. The molecule has 3 fully saturated rings. The summed E-state index contributed by atoms with van der Waals surface area (Å²) >= 11 is 0. The number of pyridine rings is 1. The molecule has 0 spiro atoms. The molecule has 10 nitrogen and oxygen atoms in total. The van der Waals surface area contributed by atoms with Gasteiger partial charge in [-0.2, -0.15) is 8.78 Å². The summed E-state index contributed by atoms with van der Waals surface area (Å²) in [5, 5.41) is 1.99. The predicted molar refractivity (Wildman–Crippen MR) is 139 cm³/mol. The zero-order valence-corrected chi connectivity index (χ0v) is 22.6. The first-order valence-corrected chi connectivity index (χ1v) is 13.0. The Kier molecular flexibility index (Phi) is 7.05. The van der Waals surface area contributed by atoms with Crippen LogP contribution in [0.15, 0.2) is 36.5 Å². The maximum atomic E-state index is 15.1. The molecule has 3 amide bonds. The molecule has 0 bridgehead atoms. The first kappa shape index (κ1) is 28.2. The Bertz CT molecular complexity index is 1410. The molecular weight excluding hydrogens is 543 g/mol. The highest BCUT2D eigenvalue weighted by molar-refractivity contribution is 5.90. The van der Waals surface area contributed by atoms with E-state index >= 15 is 4.39 Å². The van der Waals surface area contributed by atoms with Crippen LogP contribution in [0.5, 0.6) is 0 Å². The van der Waals surface area contributed by atoms with E-state index in [1.54, 1.807) is 37.8 Å². The van der Waals surface area contributed by atoms with Gasteiger partial charge in [-0.05, 0) is 45.0 Å². The van der Waals surface area contributed by atoms with Crippen molar-refractivity contribution < 1.29 is 37.0 Å². The highest BCUT2D eigenvalue weighted by atomic mass is 19.3. The second-order valence-electron chi connectivity index (χ2n) is 11.3. The fourth-order valence-electron chi connectivity index (χ4n) is 5.51. The first-order valence-electron chi connectivity index (χ1n) is 13.0. The number of ether oxygens (including phenoxy) is 2. The van der Waals surface area contributed by atoms with Gasteiger partial charge in [0.2, 0.25) is 0 Å². The smallest absolute Gasteiger partial charge is 0.414 e. The molecule has 4 atom stereocenters. The molecule has 3 heterocycles. The van der Waals surface area contributed by atoms with Gasteiger partial charge in [0.25, 0.3) is 11.4 Å². The number of benzene rings is 1. The second kappa shape index (κ2) is 10.2. The van der Waals surface area contributed by atoms with Gasteiger partial charge in [0.15, 0.2) is 0 Å². The summed E-state index contributed by atoms with van der Waals surface area (Å²) in [5.74, 6) is -2.22. The number of rotatable bonds is 6. The molecule has 5 rings (SSSR count). The third kappa shape index (κ3) is 5.26. The van der Waals surface area contributed by atoms with Gasteiger partial charge in [0.05, 0.1) is 30.6 Å². The minimum atomic E-state index is -3.18. The highest BCUT2D eigenvalue weighted by Gasteiger charge is 2.78. The molecule has 2 saturated heterocycles. The lowest BCUT2D eigenvalue weighted by molar-refractivity contribution is -0.132. The molecule has 2 aromatic rings. The van der Waals surface area contributed by atoms with Crippen molar-refractivity contribution in [3.63, 3.8) is 0 Å². The van der Waals surface area contributed by atoms with Crippen LogP contribution in [0.3, 0.4) is 0 Å². The number of hydrogen-bond acceptors (Lipinski definition) is 6. The summed E-state index contributed by atoms with van der Waals surface area (Å²) in [7, 11) is 0. The number of carbonyl (C=O) groups excluding carboxylic acids is 3. The third-order valence-electron chi connectivity index (χ3n) is 7.50. The Balaban J connectivity index is 1.24. The number of nitrogens with zero attached hydrogens (tertiary/aromatic N) is 4. The van der Waals surface area contributed by atoms with Gasteiger partial charge in [-0.3, -0.25) is 14.7 Å². The number of aromatic nitrogens is 1. The molecule has 41 heavy (non-hydrogen) atoms. The molecule has 1 aliphatic carbocycles. The molecule has 13 heteroatoms. The number of hydrogen-bond donors (Lipinski definition) is 1. The SMILES string of the molecule is [C-]#[N+]C1(c2ccc(-c3ccc(N4C[C@H](CNC(=O)C(F)F)OC4=O)cc3F)cn2)[C@@H]2CN(C(=O)OC(C)(C)C)C[C@@H]21. The first-order chi connectivity index (χ1) is 19.3. The van der Waals surface area contributed by atoms with Gasteiger partial charge in [-0.15, -0.1) is 0 Å². The largest absolute Gasteiger partial charge is 0.444 e. The standard InChI is InChI=1S/C28H28F3N5O5/c1-27(2,3)41-25(38)35-13-19-20(14-35)28(19,32-4)22-8-5-15(10-33-22)18-7-6-16(9-21(18)29)36-12-17(40-26(36)39)11-34-24(37)23(30)31/h5-10,17,19-20,23H,11-14H2,1-3H3,(H,34,37)/t17-,19-,20+,28?/m0/s1. The Labute approximate surface area is 234 Å². The maximum absolute atomic E-state index is 15.1. The monoisotopic (exact) mass is 571 g/mol. The molecule has 1 aromatic carbocycles. The van der Waals surface area contributed by atoms with Crippen LogP contribution >= 0.6 is 0 Å². The van der Waals surface area contributed by atoms with Crippen LogP contribution in [0.1, 0.15) is 26.5 Å². The number of cyclic esters (lactones) is 1. The van der Waals surface area contributed by atoms with Crippen molar-refractivity contribution in [2.45, 2.75) is 44.4 Å². The van der Waals surface area contributed by atoms with Crippen molar-refractivity contribution in [2.75, 3.05) is 31.1 Å². The van der Waals surface area contributed by atoms with E-state index < -0.39 is 47.6 Å². The van der Waals surface area contributed by atoms with Gasteiger partial charge < -0.3 is 24.5 Å². The molecule has 3 aliphatic rings. The number of nitrogens with one attached hydrogen (secondary N) is 1. The lowest BCUT2D eigenvalue weighted by atomic mass is 10.0. The van der Waals surface area contributed by atoms with Crippen molar-refractivity contribution in [1.29, 1.82) is 0 Å². The maximum Gasteiger partial charge on any atom is 0.414 e. The summed E-state index contributed by atoms with van der Waals surface area (Å²) in [6.07, 6.45) is -3.74. The summed E-state index contributed by atoms with van der Waals surface area (Å²) in [4.78, 5) is 46.9. The number of halogens is 3. The average Bonchev–Trinajstić information content (AvgIpc) is 3.19. The topological polar surface area (TPSA) is 105 Å². The molecule has 2 aliphatic heterocycles. The van der Waals surface area contributed by atoms with E-state index in [4.69, 9.17) is 16.0 Å². The predicted octanol–water partition coefficient (Wildman–Crippen LogP) is 4.21. The van der Waals surface area contributed by atoms with Gasteiger partial charge in [-0.1, -0.05) is 6.07 Å². The zero-order chi connectivity index (χ0) is 29.7. The van der Waals surface area contributed by atoms with Crippen molar-refractivity contribution in [2.24, 2.45) is 11.8 Å². The van der Waals surface area contributed by atoms with Crippen LogP contribution in [0, 0.1) is 24.2 Å². The minimum Gasteiger partial charge on any atom is -0.444 e. The van der Waals surface area contributed by atoms with Crippen molar-refractivity contribution in [1.82, 2.24) is 15.2 Å². The van der Waals surface area contributed by atoms with Crippen LogP contribution in [0.4, 0.5) is 28.4 Å². The lowest BCUT2D eigenvalue weighted by Gasteiger charge is -2.26. The summed E-state index contributed by atoms with van der Waals surface area (Å²) in [6, 6.07) is 7.54. The number of anilines is 1. The molecular formula is C28H28F3N5O5. The molecule has 1 unspecified atom stereocenters. The van der Waals surface area contributed by atoms with Crippen LogP contribution in [0.25, 0.3) is 16.0 Å². The van der Waals surface area contributed by atoms with E-state index in [9.17, 15) is 23.2 Å². The molecule has 1 N–H and O–H groups in total. The number of likely N-dealkylation sites (tertiary alicyclic amines) is 1. The van der Waals surface area contributed by atoms with Crippen LogP contribution < -0.4 is 10.2 Å². The summed E-state index contributed by atoms with van der Waals surface area (Å²) < 4.78 is 50.4. The van der Waals surface area contributed by atoms with Crippen molar-refractivity contribution in [3.05, 3.63) is 59.5 Å². The fourth-order valence-corrected chi connectivity index (χ4v) is 5.51. The van der Waals surface area contributed by atoms with Crippen molar-refractivity contribution >= 4 is 23.8 Å². The number of fused-ring (bicyclic) bond motifs is 1. The molecule has 216 valence electrons. The van der Waals surface area contributed by atoms with Crippen molar-refractivity contribution in [3.8, 4) is 11.1 Å². The quantitative estimate of drug-likeness (QED) is 0.521. The van der Waals surface area contributed by atoms with Gasteiger partial charge in [-0.25, -0.2) is 20.6 Å². The van der Waals surface area contributed by atoms with Gasteiger partial charge in [0, 0.05) is 30.4 Å². The minimum absolute atomic E-state index is 0.0518. The van der Waals surface area contributed by atoms with E-state index in [1.807, 2.05) is 5.32 Å². The summed E-state index contributed by atoms with van der Waals surface area (Å²) in [6.45, 7) is 13.7.